The molecule has 0 aromatic heterocycles. The Hall–Kier alpha value is -1.47. The van der Waals surface area contributed by atoms with Crippen LogP contribution >= 0.6 is 0 Å². The van der Waals surface area contributed by atoms with Gasteiger partial charge in [-0.25, -0.2) is 0 Å². The van der Waals surface area contributed by atoms with Crippen LogP contribution in [0.3, 0.4) is 0 Å². The predicted molar refractivity (Wildman–Crippen MR) is 48.8 cm³/mol. The van der Waals surface area contributed by atoms with Crippen molar-refractivity contribution >= 4 is 0 Å². The van der Waals surface area contributed by atoms with Crippen molar-refractivity contribution in [2.24, 2.45) is 5.73 Å². The Morgan fingerprint density at radius 3 is 2.44 bits per heavy atom. The van der Waals surface area contributed by atoms with Crippen molar-refractivity contribution in [1.29, 1.82) is 0 Å². The van der Waals surface area contributed by atoms with E-state index in [4.69, 9.17) is 10.8 Å². The number of aliphatic hydroxyl groups is 1. The molecular weight excluding hydrogens is 227 g/mol. The average Bonchev–Trinajstić information content (AvgIpc) is 2.14. The molecule has 0 heterocycles. The first-order chi connectivity index (χ1) is 7.33. The molecule has 7 heteroatoms. The van der Waals surface area contributed by atoms with Gasteiger partial charge in [-0.05, 0) is 12.1 Å². The third-order valence-electron chi connectivity index (χ3n) is 1.83. The topological polar surface area (TPSA) is 75.7 Å². The normalized spacial score (nSPS) is 13.6. The maximum atomic E-state index is 11.8. The molecule has 0 saturated heterocycles. The molecule has 0 aliphatic carbocycles. The molecule has 0 amide bonds. The van der Waals surface area contributed by atoms with E-state index in [0.29, 0.717) is 0 Å². The molecule has 1 aromatic carbocycles. The van der Waals surface area contributed by atoms with Crippen LogP contribution in [-0.4, -0.2) is 23.2 Å². The molecule has 4 nitrogen and oxygen atoms in total. The summed E-state index contributed by atoms with van der Waals surface area (Å²) in [6.45, 7) is -0.424. The summed E-state index contributed by atoms with van der Waals surface area (Å²) in [5, 5.41) is 18.1. The van der Waals surface area contributed by atoms with Crippen molar-refractivity contribution in [3.05, 3.63) is 23.8 Å². The number of aromatic hydroxyl groups is 1. The number of nitrogens with two attached hydrogens (primary N) is 1. The maximum absolute atomic E-state index is 11.8. The number of halogens is 3. The van der Waals surface area contributed by atoms with E-state index in [2.05, 4.69) is 4.74 Å². The summed E-state index contributed by atoms with van der Waals surface area (Å²) in [5.74, 6) is -0.998. The highest BCUT2D eigenvalue weighted by Crippen LogP contribution is 2.30. The van der Waals surface area contributed by atoms with Gasteiger partial charge >= 0.3 is 6.36 Å². The van der Waals surface area contributed by atoms with Crippen molar-refractivity contribution < 1.29 is 28.1 Å². The van der Waals surface area contributed by atoms with Crippen LogP contribution in [0.25, 0.3) is 0 Å². The maximum Gasteiger partial charge on any atom is 0.573 e. The van der Waals surface area contributed by atoms with E-state index in [1.807, 2.05) is 0 Å². The first-order valence-corrected chi connectivity index (χ1v) is 4.28. The minimum Gasteiger partial charge on any atom is -0.507 e. The fourth-order valence-corrected chi connectivity index (χ4v) is 1.13. The third kappa shape index (κ3) is 3.28. The second kappa shape index (κ2) is 4.58. The summed E-state index contributed by atoms with van der Waals surface area (Å²) in [6, 6.07) is 2.12. The molecule has 0 saturated carbocycles. The van der Waals surface area contributed by atoms with Gasteiger partial charge in [0, 0.05) is 11.6 Å². The number of hydrogen-bond acceptors (Lipinski definition) is 4. The highest BCUT2D eigenvalue weighted by molar-refractivity contribution is 5.41. The van der Waals surface area contributed by atoms with Crippen molar-refractivity contribution in [2.75, 3.05) is 6.61 Å². The van der Waals surface area contributed by atoms with Crippen LogP contribution in [0.2, 0.25) is 0 Å². The van der Waals surface area contributed by atoms with Crippen LogP contribution in [-0.2, 0) is 0 Å². The first kappa shape index (κ1) is 12.6. The Morgan fingerprint density at radius 1 is 1.38 bits per heavy atom. The number of alkyl halides is 3. The molecule has 16 heavy (non-hydrogen) atoms. The molecule has 0 aliphatic heterocycles. The lowest BCUT2D eigenvalue weighted by molar-refractivity contribution is -0.274. The molecule has 0 unspecified atom stereocenters. The zero-order valence-electron chi connectivity index (χ0n) is 8.03. The van der Waals surface area contributed by atoms with Gasteiger partial charge in [0.15, 0.2) is 0 Å². The smallest absolute Gasteiger partial charge is 0.507 e. The summed E-state index contributed by atoms with van der Waals surface area (Å²) in [4.78, 5) is 0. The predicted octanol–water partition coefficient (Wildman–Crippen LogP) is 1.28. The van der Waals surface area contributed by atoms with Gasteiger partial charge in [-0.15, -0.1) is 13.2 Å². The molecule has 0 fully saturated rings. The van der Waals surface area contributed by atoms with Gasteiger partial charge in [0.25, 0.3) is 0 Å². The lowest BCUT2D eigenvalue weighted by Gasteiger charge is -2.13. The van der Waals surface area contributed by atoms with Gasteiger partial charge in [-0.3, -0.25) is 0 Å². The fourth-order valence-electron chi connectivity index (χ4n) is 1.13. The lowest BCUT2D eigenvalue weighted by Crippen LogP contribution is -2.18. The third-order valence-corrected chi connectivity index (χ3v) is 1.83. The average molecular weight is 237 g/mol. The van der Waals surface area contributed by atoms with Crippen LogP contribution in [0, 0.1) is 0 Å². The molecule has 1 aromatic rings. The molecule has 0 bridgehead atoms. The number of phenols is 1. The molecule has 90 valence electrons. The minimum atomic E-state index is -4.81. The van der Waals surface area contributed by atoms with E-state index < -0.39 is 30.5 Å². The molecule has 0 radical (unpaired) electrons. The van der Waals surface area contributed by atoms with Crippen molar-refractivity contribution in [3.63, 3.8) is 0 Å². The number of aliphatic hydroxyl groups excluding tert-OH is 1. The summed E-state index contributed by atoms with van der Waals surface area (Å²) < 4.78 is 39.1. The van der Waals surface area contributed by atoms with Gasteiger partial charge in [0.1, 0.15) is 11.5 Å². The Morgan fingerprint density at radius 2 is 2.00 bits per heavy atom. The Labute approximate surface area is 89.1 Å². The van der Waals surface area contributed by atoms with Crippen LogP contribution in [0.1, 0.15) is 11.6 Å². The quantitative estimate of drug-likeness (QED) is 0.740. The van der Waals surface area contributed by atoms with Crippen LogP contribution in [0.5, 0.6) is 11.5 Å². The number of rotatable bonds is 3. The Bertz CT molecular complexity index is 368. The van der Waals surface area contributed by atoms with E-state index in [1.165, 1.54) is 0 Å². The number of hydrogen-bond donors (Lipinski definition) is 3. The van der Waals surface area contributed by atoms with Crippen molar-refractivity contribution in [1.82, 2.24) is 0 Å². The molecule has 0 aliphatic rings. The SMILES string of the molecule is N[C@@H](CO)c1ccc(OC(F)(F)F)cc1O. The Balaban J connectivity index is 2.91. The zero-order chi connectivity index (χ0) is 12.3. The van der Waals surface area contributed by atoms with Crippen LogP contribution in [0.15, 0.2) is 18.2 Å². The van der Waals surface area contributed by atoms with Gasteiger partial charge < -0.3 is 20.7 Å². The van der Waals surface area contributed by atoms with Crippen molar-refractivity contribution in [3.8, 4) is 11.5 Å². The highest BCUT2D eigenvalue weighted by Gasteiger charge is 2.31. The van der Waals surface area contributed by atoms with E-state index in [1.54, 1.807) is 0 Å². The molecule has 0 spiro atoms. The summed E-state index contributed by atoms with van der Waals surface area (Å²) >= 11 is 0. The molecule has 4 N–H and O–H groups in total. The van der Waals surface area contributed by atoms with Gasteiger partial charge in [0.05, 0.1) is 12.6 Å². The van der Waals surface area contributed by atoms with Gasteiger partial charge in [0.2, 0.25) is 0 Å². The standard InChI is InChI=1S/C9H10F3NO3/c10-9(11,12)16-5-1-2-6(7(13)4-14)8(15)3-5/h1-3,7,14-15H,4,13H2/t7-/m0/s1. The largest absolute Gasteiger partial charge is 0.573 e. The monoisotopic (exact) mass is 237 g/mol. The van der Waals surface area contributed by atoms with Crippen LogP contribution in [0.4, 0.5) is 13.2 Å². The van der Waals surface area contributed by atoms with Gasteiger partial charge in [-0.2, -0.15) is 0 Å². The molecular formula is C9H10F3NO3. The fraction of sp³-hybridized carbons (Fsp3) is 0.333. The Kier molecular flexibility index (Phi) is 3.61. The van der Waals surface area contributed by atoms with E-state index in [0.717, 1.165) is 18.2 Å². The summed E-state index contributed by atoms with van der Waals surface area (Å²) in [5.41, 5.74) is 5.55. The molecule has 1 atom stereocenters. The zero-order valence-corrected chi connectivity index (χ0v) is 8.03. The summed E-state index contributed by atoms with van der Waals surface area (Å²) in [7, 11) is 0. The van der Waals surface area contributed by atoms with Gasteiger partial charge in [-0.1, -0.05) is 0 Å². The second-order valence-electron chi connectivity index (χ2n) is 3.06. The lowest BCUT2D eigenvalue weighted by atomic mass is 10.1. The highest BCUT2D eigenvalue weighted by atomic mass is 19.4. The number of phenolic OH excluding ortho intramolecular Hbond substituents is 1. The van der Waals surface area contributed by atoms with Crippen LogP contribution < -0.4 is 10.5 Å². The minimum absolute atomic E-state index is 0.150. The van der Waals surface area contributed by atoms with E-state index in [-0.39, 0.29) is 5.56 Å². The van der Waals surface area contributed by atoms with Crippen molar-refractivity contribution in [2.45, 2.75) is 12.4 Å². The molecule has 1 rings (SSSR count). The number of ether oxygens (including phenoxy) is 1. The van der Waals surface area contributed by atoms with E-state index in [9.17, 15) is 18.3 Å². The second-order valence-corrected chi connectivity index (χ2v) is 3.06. The number of benzene rings is 1. The first-order valence-electron chi connectivity index (χ1n) is 4.28. The van der Waals surface area contributed by atoms with E-state index >= 15 is 0 Å². The summed E-state index contributed by atoms with van der Waals surface area (Å²) in [6.07, 6.45) is -4.81.